The highest BCUT2D eigenvalue weighted by molar-refractivity contribution is 6.02. The van der Waals surface area contributed by atoms with Gasteiger partial charge in [0.1, 0.15) is 5.84 Å². The Kier molecular flexibility index (Phi) is 7.14. The molecule has 0 spiro atoms. The van der Waals surface area contributed by atoms with Crippen molar-refractivity contribution in [2.24, 2.45) is 10.9 Å². The van der Waals surface area contributed by atoms with Crippen molar-refractivity contribution in [3.63, 3.8) is 0 Å². The van der Waals surface area contributed by atoms with Gasteiger partial charge < -0.3 is 10.2 Å². The Morgan fingerprint density at radius 2 is 1.85 bits per heavy atom. The number of rotatable bonds is 6. The molecule has 2 fully saturated rings. The molecule has 4 nitrogen and oxygen atoms in total. The highest BCUT2D eigenvalue weighted by atomic mass is 16.2. The van der Waals surface area contributed by atoms with Gasteiger partial charge in [-0.3, -0.25) is 9.79 Å². The molecule has 1 saturated carbocycles. The number of nitrogens with zero attached hydrogens (tertiary/aromatic N) is 2. The number of aliphatic imine (C=N–C) groups is 1. The van der Waals surface area contributed by atoms with Gasteiger partial charge in [0, 0.05) is 38.2 Å². The van der Waals surface area contributed by atoms with Crippen LogP contribution in [0.15, 0.2) is 28.3 Å². The van der Waals surface area contributed by atoms with Crippen LogP contribution in [0.4, 0.5) is 0 Å². The van der Waals surface area contributed by atoms with Gasteiger partial charge in [0.05, 0.1) is 0 Å². The molecule has 3 aliphatic rings. The lowest BCUT2D eigenvalue weighted by Crippen LogP contribution is -2.38. The second kappa shape index (κ2) is 9.57. The molecule has 1 unspecified atom stereocenters. The molecule has 0 bridgehead atoms. The minimum atomic E-state index is 0.311. The molecule has 3 rings (SSSR count). The monoisotopic (exact) mass is 371 g/mol. The number of carbonyl (C=O) groups excluding carboxylic acids is 1. The number of hydrogen-bond acceptors (Lipinski definition) is 2. The third-order valence-electron chi connectivity index (χ3n) is 6.67. The largest absolute Gasteiger partial charge is 0.367 e. The maximum absolute atomic E-state index is 12.7. The van der Waals surface area contributed by atoms with Crippen molar-refractivity contribution >= 4 is 11.7 Å². The summed E-state index contributed by atoms with van der Waals surface area (Å²) in [6, 6.07) is 0.519. The third kappa shape index (κ3) is 4.83. The Labute approximate surface area is 165 Å². The quantitative estimate of drug-likeness (QED) is 0.547. The SMILES string of the molecule is C=C(C(=NC)NC1CCCCC1)C1=C(CC)CCC1CC(=O)N1CCCC1. The normalized spacial score (nSPS) is 24.6. The Morgan fingerprint density at radius 3 is 2.48 bits per heavy atom. The lowest BCUT2D eigenvalue weighted by atomic mass is 9.89. The standard InChI is InChI=1S/C23H37N3O/c1-4-18-12-13-19(16-21(27)26-14-8-9-15-26)22(18)17(2)23(24-3)25-20-10-6-5-7-11-20/h19-20H,2,4-16H2,1,3H3,(H,24,25). The molecule has 0 radical (unpaired) electrons. The minimum absolute atomic E-state index is 0.311. The first-order valence-corrected chi connectivity index (χ1v) is 11.1. The molecule has 1 aliphatic heterocycles. The molecule has 0 aromatic heterocycles. The fraction of sp³-hybridized carbons (Fsp3) is 0.739. The highest BCUT2D eigenvalue weighted by Crippen LogP contribution is 2.40. The zero-order chi connectivity index (χ0) is 19.2. The molecule has 0 aromatic rings. The van der Waals surface area contributed by atoms with Gasteiger partial charge in [0.2, 0.25) is 5.91 Å². The van der Waals surface area contributed by atoms with Gasteiger partial charge in [0.15, 0.2) is 0 Å². The molecule has 27 heavy (non-hydrogen) atoms. The second-order valence-corrected chi connectivity index (χ2v) is 8.43. The van der Waals surface area contributed by atoms with E-state index in [-0.39, 0.29) is 0 Å². The first-order valence-electron chi connectivity index (χ1n) is 11.1. The fourth-order valence-electron chi connectivity index (χ4n) is 5.11. The van der Waals surface area contributed by atoms with Crippen LogP contribution in [-0.2, 0) is 4.79 Å². The van der Waals surface area contributed by atoms with Crippen LogP contribution in [0, 0.1) is 5.92 Å². The van der Waals surface area contributed by atoms with Gasteiger partial charge in [-0.25, -0.2) is 0 Å². The van der Waals surface area contributed by atoms with Crippen LogP contribution in [0.3, 0.4) is 0 Å². The molecule has 1 N–H and O–H groups in total. The van der Waals surface area contributed by atoms with E-state index >= 15 is 0 Å². The Hall–Kier alpha value is -1.58. The van der Waals surface area contributed by atoms with E-state index in [1.54, 1.807) is 0 Å². The van der Waals surface area contributed by atoms with E-state index in [1.165, 1.54) is 43.3 Å². The van der Waals surface area contributed by atoms with Crippen molar-refractivity contribution in [2.45, 2.75) is 83.6 Å². The van der Waals surface area contributed by atoms with E-state index in [9.17, 15) is 4.79 Å². The summed E-state index contributed by atoms with van der Waals surface area (Å²) in [5.74, 6) is 1.59. The van der Waals surface area contributed by atoms with Crippen LogP contribution >= 0.6 is 0 Å². The summed E-state index contributed by atoms with van der Waals surface area (Å²) in [6.45, 7) is 8.56. The lowest BCUT2D eigenvalue weighted by Gasteiger charge is -2.27. The number of hydrogen-bond donors (Lipinski definition) is 1. The van der Waals surface area contributed by atoms with Crippen molar-refractivity contribution < 1.29 is 4.79 Å². The van der Waals surface area contributed by atoms with Gasteiger partial charge in [-0.15, -0.1) is 0 Å². The summed E-state index contributed by atoms with van der Waals surface area (Å²) in [5.41, 5.74) is 3.84. The molecule has 150 valence electrons. The van der Waals surface area contributed by atoms with Crippen LogP contribution in [0.25, 0.3) is 0 Å². The summed E-state index contributed by atoms with van der Waals surface area (Å²) in [6.07, 6.45) is 12.6. The van der Waals surface area contributed by atoms with Crippen molar-refractivity contribution in [1.82, 2.24) is 10.2 Å². The van der Waals surface area contributed by atoms with Crippen LogP contribution < -0.4 is 5.32 Å². The third-order valence-corrected chi connectivity index (χ3v) is 6.67. The molecule has 1 saturated heterocycles. The Morgan fingerprint density at radius 1 is 1.15 bits per heavy atom. The molecule has 2 aliphatic carbocycles. The van der Waals surface area contributed by atoms with Crippen LogP contribution in [0.1, 0.15) is 77.6 Å². The summed E-state index contributed by atoms with van der Waals surface area (Å²) in [4.78, 5) is 19.4. The fourth-order valence-corrected chi connectivity index (χ4v) is 5.11. The van der Waals surface area contributed by atoms with Crippen molar-refractivity contribution in [3.8, 4) is 0 Å². The molecule has 1 amide bonds. The zero-order valence-electron chi connectivity index (χ0n) is 17.4. The van der Waals surface area contributed by atoms with Crippen LogP contribution in [0.2, 0.25) is 0 Å². The second-order valence-electron chi connectivity index (χ2n) is 8.43. The van der Waals surface area contributed by atoms with Crippen LogP contribution in [-0.4, -0.2) is 42.8 Å². The summed E-state index contributed by atoms with van der Waals surface area (Å²) >= 11 is 0. The maximum Gasteiger partial charge on any atom is 0.223 e. The molecule has 1 heterocycles. The number of amidine groups is 1. The van der Waals surface area contributed by atoms with E-state index in [0.29, 0.717) is 24.3 Å². The van der Waals surface area contributed by atoms with Crippen molar-refractivity contribution in [3.05, 3.63) is 23.3 Å². The maximum atomic E-state index is 12.7. The molecule has 1 atom stereocenters. The first-order chi connectivity index (χ1) is 13.1. The molecule has 4 heteroatoms. The predicted octanol–water partition coefficient (Wildman–Crippen LogP) is 4.62. The molecule has 0 aromatic carbocycles. The van der Waals surface area contributed by atoms with Gasteiger partial charge >= 0.3 is 0 Å². The van der Waals surface area contributed by atoms with Crippen LogP contribution in [0.5, 0.6) is 0 Å². The highest BCUT2D eigenvalue weighted by Gasteiger charge is 2.32. The van der Waals surface area contributed by atoms with E-state index in [2.05, 4.69) is 28.7 Å². The summed E-state index contributed by atoms with van der Waals surface area (Å²) in [7, 11) is 1.86. The number of amides is 1. The van der Waals surface area contributed by atoms with Crippen molar-refractivity contribution in [2.75, 3.05) is 20.1 Å². The lowest BCUT2D eigenvalue weighted by molar-refractivity contribution is -0.130. The Bertz CT molecular complexity index is 607. The molecular formula is C23H37N3O. The average Bonchev–Trinajstić information content (AvgIpc) is 3.36. The van der Waals surface area contributed by atoms with Gasteiger partial charge in [-0.2, -0.15) is 0 Å². The van der Waals surface area contributed by atoms with E-state index in [4.69, 9.17) is 0 Å². The number of likely N-dealkylation sites (tertiary alicyclic amines) is 1. The topological polar surface area (TPSA) is 44.7 Å². The van der Waals surface area contributed by atoms with Gasteiger partial charge in [-0.05, 0) is 56.4 Å². The van der Waals surface area contributed by atoms with Gasteiger partial charge in [0.25, 0.3) is 0 Å². The van der Waals surface area contributed by atoms with E-state index < -0.39 is 0 Å². The Balaban J connectivity index is 1.70. The summed E-state index contributed by atoms with van der Waals surface area (Å²) in [5, 5.41) is 3.68. The smallest absolute Gasteiger partial charge is 0.223 e. The summed E-state index contributed by atoms with van der Waals surface area (Å²) < 4.78 is 0. The number of nitrogens with one attached hydrogen (secondary N) is 1. The predicted molar refractivity (Wildman–Crippen MR) is 113 cm³/mol. The van der Waals surface area contributed by atoms with E-state index in [0.717, 1.165) is 56.6 Å². The first kappa shape index (κ1) is 20.2. The molecular weight excluding hydrogens is 334 g/mol. The number of allylic oxidation sites excluding steroid dienone is 1. The van der Waals surface area contributed by atoms with Crippen molar-refractivity contribution in [1.29, 1.82) is 0 Å². The zero-order valence-corrected chi connectivity index (χ0v) is 17.4. The average molecular weight is 372 g/mol. The minimum Gasteiger partial charge on any atom is -0.367 e. The van der Waals surface area contributed by atoms with E-state index in [1.807, 2.05) is 7.05 Å². The van der Waals surface area contributed by atoms with Gasteiger partial charge in [-0.1, -0.05) is 38.3 Å². The number of carbonyl (C=O) groups is 1.